The Morgan fingerprint density at radius 3 is 2.53 bits per heavy atom. The fraction of sp³-hybridized carbons (Fsp3) is 0.333. The van der Waals surface area contributed by atoms with Gasteiger partial charge < -0.3 is 14.2 Å². The minimum atomic E-state index is -0.580. The molecule has 0 aromatic heterocycles. The average molecular weight is 206 g/mol. The molecule has 1 aromatic rings. The second kappa shape index (κ2) is 4.84. The van der Waals surface area contributed by atoms with E-state index >= 15 is 0 Å². The molecule has 0 saturated carbocycles. The Balaban J connectivity index is 1.79. The molecule has 1 aliphatic rings. The Hall–Kier alpha value is -1.48. The first-order valence-electron chi connectivity index (χ1n) is 5.00. The number of ether oxygens (including phenoxy) is 3. The van der Waals surface area contributed by atoms with E-state index in [4.69, 9.17) is 14.2 Å². The smallest absolute Gasteiger partial charge is 0.360 e. The van der Waals surface area contributed by atoms with Crippen LogP contribution >= 0.6 is 0 Å². The van der Waals surface area contributed by atoms with Crippen LogP contribution in [0.15, 0.2) is 42.9 Å². The summed E-state index contributed by atoms with van der Waals surface area (Å²) in [5.74, 6) is 0. The first-order chi connectivity index (χ1) is 7.34. The molecular formula is C12H14O3. The largest absolute Gasteiger partial charge is 0.437 e. The highest BCUT2D eigenvalue weighted by Gasteiger charge is 2.16. The minimum absolute atomic E-state index is 0.0669. The molecule has 1 unspecified atom stereocenters. The summed E-state index contributed by atoms with van der Waals surface area (Å²) in [6, 6.07) is 10.2. The number of hydrogen-bond acceptors (Lipinski definition) is 3. The summed E-state index contributed by atoms with van der Waals surface area (Å²) in [6.07, 6.45) is 3.89. The van der Waals surface area contributed by atoms with Gasteiger partial charge in [0.1, 0.15) is 12.5 Å². The van der Waals surface area contributed by atoms with Gasteiger partial charge in [-0.25, -0.2) is 0 Å². The Bertz CT molecular complexity index is 313. The van der Waals surface area contributed by atoms with Crippen molar-refractivity contribution in [2.75, 3.05) is 0 Å². The van der Waals surface area contributed by atoms with E-state index in [2.05, 4.69) is 12.1 Å². The zero-order valence-corrected chi connectivity index (χ0v) is 8.63. The van der Waals surface area contributed by atoms with Crippen LogP contribution in [0.5, 0.6) is 0 Å². The van der Waals surface area contributed by atoms with Gasteiger partial charge in [0.05, 0.1) is 6.10 Å². The maximum absolute atomic E-state index is 5.51. The van der Waals surface area contributed by atoms with E-state index in [1.165, 1.54) is 18.1 Å². The molecule has 3 heteroatoms. The molecule has 1 aliphatic heterocycles. The Morgan fingerprint density at radius 2 is 1.87 bits per heavy atom. The van der Waals surface area contributed by atoms with Gasteiger partial charge in [0, 0.05) is 0 Å². The number of hydrogen-bond donors (Lipinski definition) is 0. The highest BCUT2D eigenvalue weighted by atomic mass is 16.9. The van der Waals surface area contributed by atoms with E-state index in [1.54, 1.807) is 0 Å². The van der Waals surface area contributed by atoms with Crippen LogP contribution in [0, 0.1) is 0 Å². The molecule has 15 heavy (non-hydrogen) atoms. The quantitative estimate of drug-likeness (QED) is 0.757. The molecule has 1 aromatic carbocycles. The third-order valence-corrected chi connectivity index (χ3v) is 2.14. The molecule has 0 spiro atoms. The van der Waals surface area contributed by atoms with Crippen molar-refractivity contribution in [2.24, 2.45) is 0 Å². The fourth-order valence-electron chi connectivity index (χ4n) is 1.47. The molecule has 80 valence electrons. The predicted molar refractivity (Wildman–Crippen MR) is 55.8 cm³/mol. The Kier molecular flexibility index (Phi) is 3.25. The monoisotopic (exact) mass is 206 g/mol. The van der Waals surface area contributed by atoms with Crippen molar-refractivity contribution in [1.82, 2.24) is 0 Å². The third-order valence-electron chi connectivity index (χ3n) is 2.14. The molecule has 0 radical (unpaired) electrons. The van der Waals surface area contributed by atoms with Gasteiger partial charge in [-0.15, -0.1) is 0 Å². The zero-order valence-electron chi connectivity index (χ0n) is 8.63. The van der Waals surface area contributed by atoms with Crippen LogP contribution in [0.1, 0.15) is 12.5 Å². The molecule has 0 bridgehead atoms. The van der Waals surface area contributed by atoms with Crippen molar-refractivity contribution in [2.45, 2.75) is 25.9 Å². The summed E-state index contributed by atoms with van der Waals surface area (Å²) in [5, 5.41) is 0. The van der Waals surface area contributed by atoms with Crippen LogP contribution in [0.2, 0.25) is 0 Å². The molecule has 2 rings (SSSR count). The maximum Gasteiger partial charge on any atom is 0.360 e. The summed E-state index contributed by atoms with van der Waals surface area (Å²) in [4.78, 5) is 0. The minimum Gasteiger partial charge on any atom is -0.437 e. The van der Waals surface area contributed by atoms with E-state index in [1.807, 2.05) is 25.1 Å². The lowest BCUT2D eigenvalue weighted by molar-refractivity contribution is -0.238. The normalized spacial score (nSPS) is 17.1. The Morgan fingerprint density at radius 1 is 1.20 bits per heavy atom. The molecular weight excluding hydrogens is 192 g/mol. The Labute approximate surface area is 89.3 Å². The van der Waals surface area contributed by atoms with E-state index < -0.39 is 6.48 Å². The number of benzene rings is 1. The molecule has 0 fully saturated rings. The van der Waals surface area contributed by atoms with Crippen LogP contribution in [0.25, 0.3) is 0 Å². The van der Waals surface area contributed by atoms with Gasteiger partial charge in [-0.3, -0.25) is 0 Å². The lowest BCUT2D eigenvalue weighted by atomic mass is 10.1. The summed E-state index contributed by atoms with van der Waals surface area (Å²) in [5.41, 5.74) is 1.25. The summed E-state index contributed by atoms with van der Waals surface area (Å²) in [7, 11) is 0. The first-order valence-corrected chi connectivity index (χ1v) is 5.00. The topological polar surface area (TPSA) is 27.7 Å². The lowest BCUT2D eigenvalue weighted by Crippen LogP contribution is -2.21. The molecule has 3 nitrogen and oxygen atoms in total. The van der Waals surface area contributed by atoms with Crippen molar-refractivity contribution < 1.29 is 14.2 Å². The van der Waals surface area contributed by atoms with Gasteiger partial charge in [-0.05, 0) is 18.9 Å². The van der Waals surface area contributed by atoms with Gasteiger partial charge in [0.15, 0.2) is 0 Å². The summed E-state index contributed by atoms with van der Waals surface area (Å²) in [6.45, 7) is 1.42. The van der Waals surface area contributed by atoms with E-state index in [-0.39, 0.29) is 6.10 Å². The molecule has 0 N–H and O–H groups in total. The van der Waals surface area contributed by atoms with Crippen LogP contribution in [0.4, 0.5) is 0 Å². The van der Waals surface area contributed by atoms with Gasteiger partial charge in [0.2, 0.25) is 0 Å². The van der Waals surface area contributed by atoms with Crippen molar-refractivity contribution in [3.05, 3.63) is 48.4 Å². The van der Waals surface area contributed by atoms with E-state index in [0.29, 0.717) is 0 Å². The highest BCUT2D eigenvalue weighted by molar-refractivity contribution is 5.15. The second-order valence-electron chi connectivity index (χ2n) is 3.47. The van der Waals surface area contributed by atoms with Crippen molar-refractivity contribution in [3.63, 3.8) is 0 Å². The van der Waals surface area contributed by atoms with E-state index in [9.17, 15) is 0 Å². The van der Waals surface area contributed by atoms with Crippen LogP contribution in [-0.2, 0) is 20.6 Å². The SMILES string of the molecule is CC(Cc1ccccc1)OC1OC=CO1. The highest BCUT2D eigenvalue weighted by Crippen LogP contribution is 2.12. The summed E-state index contributed by atoms with van der Waals surface area (Å²) < 4.78 is 15.6. The van der Waals surface area contributed by atoms with Gasteiger partial charge in [-0.1, -0.05) is 30.3 Å². The van der Waals surface area contributed by atoms with Crippen molar-refractivity contribution in [1.29, 1.82) is 0 Å². The van der Waals surface area contributed by atoms with Crippen LogP contribution in [-0.4, -0.2) is 12.6 Å². The lowest BCUT2D eigenvalue weighted by Gasteiger charge is -2.17. The van der Waals surface area contributed by atoms with E-state index in [0.717, 1.165) is 6.42 Å². The van der Waals surface area contributed by atoms with Crippen molar-refractivity contribution >= 4 is 0 Å². The molecule has 0 aliphatic carbocycles. The molecule has 0 saturated heterocycles. The van der Waals surface area contributed by atoms with Crippen LogP contribution < -0.4 is 0 Å². The molecule has 0 amide bonds. The zero-order chi connectivity index (χ0) is 10.5. The summed E-state index contributed by atoms with van der Waals surface area (Å²) >= 11 is 0. The van der Waals surface area contributed by atoms with Gasteiger partial charge in [-0.2, -0.15) is 0 Å². The second-order valence-corrected chi connectivity index (χ2v) is 3.47. The number of rotatable bonds is 4. The average Bonchev–Trinajstić information content (AvgIpc) is 2.71. The molecule has 1 atom stereocenters. The maximum atomic E-state index is 5.51. The van der Waals surface area contributed by atoms with Gasteiger partial charge >= 0.3 is 6.48 Å². The molecule has 1 heterocycles. The van der Waals surface area contributed by atoms with Crippen LogP contribution in [0.3, 0.4) is 0 Å². The fourth-order valence-corrected chi connectivity index (χ4v) is 1.47. The third kappa shape index (κ3) is 2.99. The predicted octanol–water partition coefficient (Wildman–Crippen LogP) is 2.44. The first kappa shape index (κ1) is 10.1. The standard InChI is InChI=1S/C12H14O3/c1-10(15-12-13-7-8-14-12)9-11-5-3-2-4-6-11/h2-8,10,12H,9H2,1H3. The van der Waals surface area contributed by atoms with Gasteiger partial charge in [0.25, 0.3) is 0 Å². The van der Waals surface area contributed by atoms with Crippen molar-refractivity contribution in [3.8, 4) is 0 Å².